The quantitative estimate of drug-likeness (QED) is 0.843. The summed E-state index contributed by atoms with van der Waals surface area (Å²) in [5.74, 6) is 0.182. The molecule has 2 heterocycles. The molecule has 1 aliphatic heterocycles. The smallest absolute Gasteiger partial charge is 0.330 e. The first-order chi connectivity index (χ1) is 9.43. The summed E-state index contributed by atoms with van der Waals surface area (Å²) in [4.78, 5) is 25.5. The van der Waals surface area contributed by atoms with E-state index in [4.69, 9.17) is 6.11 Å². The lowest BCUT2D eigenvalue weighted by Crippen LogP contribution is -2.33. The van der Waals surface area contributed by atoms with Crippen molar-refractivity contribution in [1.82, 2.24) is 9.55 Å². The number of aromatic nitrogens is 2. The molecule has 0 aromatic carbocycles. The fraction of sp³-hybridized carbons (Fsp3) is 0.571. The summed E-state index contributed by atoms with van der Waals surface area (Å²) in [5, 5.41) is 0. The van der Waals surface area contributed by atoms with Crippen LogP contribution in [-0.4, -0.2) is 15.7 Å². The summed E-state index contributed by atoms with van der Waals surface area (Å²) in [5.41, 5.74) is -0.375. The molecule has 0 unspecified atom stereocenters. The largest absolute Gasteiger partial charge is 0.354 e. The highest BCUT2D eigenvalue weighted by atomic mass is 16.5. The molecule has 1 aliphatic rings. The Kier molecular flexibility index (Phi) is 3.64. The first-order valence-electron chi connectivity index (χ1n) is 7.02. The first kappa shape index (κ1) is 12.4. The number of ether oxygens (including phenoxy) is 1. The summed E-state index contributed by atoms with van der Waals surface area (Å²) < 4.78 is 15.3. The summed E-state index contributed by atoms with van der Waals surface area (Å²) in [7, 11) is 0. The number of aryl methyl sites for hydroxylation is 1. The SMILES string of the molecule is [2H][C@@H](CC=C)[C@H]1O[C@@H](n2cc(C)c(=O)[nH]c2=O)C[C@@H]1C. The maximum absolute atomic E-state index is 11.9. The second-order valence-corrected chi connectivity index (χ2v) is 5.01. The number of rotatable bonds is 4. The molecule has 4 atom stereocenters. The Morgan fingerprint density at radius 1 is 1.68 bits per heavy atom. The van der Waals surface area contributed by atoms with Gasteiger partial charge in [0.05, 0.1) is 6.10 Å². The lowest BCUT2D eigenvalue weighted by Gasteiger charge is -2.16. The molecule has 2 rings (SSSR count). The summed E-state index contributed by atoms with van der Waals surface area (Å²) in [6.07, 6.45) is 3.41. The minimum atomic E-state index is -0.469. The fourth-order valence-electron chi connectivity index (χ4n) is 2.32. The van der Waals surface area contributed by atoms with Gasteiger partial charge in [0.1, 0.15) is 6.23 Å². The van der Waals surface area contributed by atoms with Crippen LogP contribution in [0.15, 0.2) is 28.4 Å². The van der Waals surface area contributed by atoms with Gasteiger partial charge in [-0.05, 0) is 32.1 Å². The highest BCUT2D eigenvalue weighted by Crippen LogP contribution is 2.34. The lowest BCUT2D eigenvalue weighted by atomic mass is 9.99. The molecule has 5 heteroatoms. The average Bonchev–Trinajstić information content (AvgIpc) is 2.76. The molecule has 1 N–H and O–H groups in total. The van der Waals surface area contributed by atoms with Crippen LogP contribution in [0.2, 0.25) is 0 Å². The monoisotopic (exact) mass is 265 g/mol. The predicted molar refractivity (Wildman–Crippen MR) is 73.2 cm³/mol. The number of hydrogen-bond acceptors (Lipinski definition) is 3. The highest BCUT2D eigenvalue weighted by molar-refractivity contribution is 5.01. The third-order valence-corrected chi connectivity index (χ3v) is 3.44. The van der Waals surface area contributed by atoms with Crippen LogP contribution in [0.25, 0.3) is 0 Å². The van der Waals surface area contributed by atoms with E-state index in [0.717, 1.165) is 0 Å². The van der Waals surface area contributed by atoms with Gasteiger partial charge in [-0.25, -0.2) is 4.79 Å². The molecule has 1 fully saturated rings. The van der Waals surface area contributed by atoms with Gasteiger partial charge < -0.3 is 4.74 Å². The van der Waals surface area contributed by atoms with Gasteiger partial charge in [0.15, 0.2) is 0 Å². The molecule has 0 saturated carbocycles. The van der Waals surface area contributed by atoms with Crippen LogP contribution in [0, 0.1) is 12.8 Å². The Bertz CT molecular complexity index is 607. The Labute approximate surface area is 113 Å². The van der Waals surface area contributed by atoms with Crippen LogP contribution in [0.4, 0.5) is 0 Å². The number of H-pyrrole nitrogens is 1. The van der Waals surface area contributed by atoms with Crippen molar-refractivity contribution in [1.29, 1.82) is 0 Å². The summed E-state index contributed by atoms with van der Waals surface area (Å²) in [6.45, 7) is 7.30. The summed E-state index contributed by atoms with van der Waals surface area (Å²) in [6, 6.07) is 0. The van der Waals surface area contributed by atoms with Gasteiger partial charge in [0.25, 0.3) is 5.56 Å². The van der Waals surface area contributed by atoms with Crippen molar-refractivity contribution in [2.45, 2.75) is 45.4 Å². The molecule has 0 bridgehead atoms. The van der Waals surface area contributed by atoms with Gasteiger partial charge >= 0.3 is 5.69 Å². The molecule has 1 aromatic rings. The Balaban J connectivity index is 2.24. The Hall–Kier alpha value is -1.62. The van der Waals surface area contributed by atoms with Crippen LogP contribution in [0.1, 0.15) is 39.3 Å². The number of aromatic amines is 1. The van der Waals surface area contributed by atoms with Crippen molar-refractivity contribution in [3.63, 3.8) is 0 Å². The highest BCUT2D eigenvalue weighted by Gasteiger charge is 2.33. The fourth-order valence-corrected chi connectivity index (χ4v) is 2.32. The maximum Gasteiger partial charge on any atom is 0.330 e. The topological polar surface area (TPSA) is 64.1 Å². The number of nitrogens with zero attached hydrogens (tertiary/aromatic N) is 1. The van der Waals surface area contributed by atoms with E-state index in [9.17, 15) is 9.59 Å². The minimum absolute atomic E-state index is 0.182. The van der Waals surface area contributed by atoms with Gasteiger partial charge in [0, 0.05) is 13.1 Å². The summed E-state index contributed by atoms with van der Waals surface area (Å²) >= 11 is 0. The zero-order chi connectivity index (χ0) is 14.9. The molecule has 0 spiro atoms. The average molecular weight is 265 g/mol. The van der Waals surface area contributed by atoms with E-state index in [-0.39, 0.29) is 24.0 Å². The van der Waals surface area contributed by atoms with E-state index in [1.165, 1.54) is 10.8 Å². The number of allylic oxidation sites excluding steroid dienone is 1. The van der Waals surface area contributed by atoms with Gasteiger partial charge in [-0.15, -0.1) is 6.58 Å². The molecule has 0 amide bonds. The van der Waals surface area contributed by atoms with E-state index in [2.05, 4.69) is 11.6 Å². The molecule has 0 aliphatic carbocycles. The van der Waals surface area contributed by atoms with Crippen molar-refractivity contribution in [3.8, 4) is 0 Å². The van der Waals surface area contributed by atoms with Gasteiger partial charge in [-0.1, -0.05) is 13.0 Å². The number of hydrogen-bond donors (Lipinski definition) is 1. The standard InChI is InChI=1S/C14H20N2O3/c1-4-5-6-11-9(2)7-12(19-11)16-8-10(3)13(17)15-14(16)18/h4,8-9,11-12H,1,5-7H2,2-3H3,(H,15,17,18)/t9-,11+,12+/m0/s1/i6D/t6-,9-,11+,12+. The molecule has 104 valence electrons. The van der Waals surface area contributed by atoms with Crippen LogP contribution >= 0.6 is 0 Å². The second kappa shape index (κ2) is 5.57. The van der Waals surface area contributed by atoms with Crippen molar-refractivity contribution in [2.75, 3.05) is 0 Å². The van der Waals surface area contributed by atoms with Gasteiger partial charge in [-0.3, -0.25) is 14.3 Å². The van der Waals surface area contributed by atoms with Gasteiger partial charge in [-0.2, -0.15) is 0 Å². The molecule has 5 nitrogen and oxygen atoms in total. The van der Waals surface area contributed by atoms with E-state index in [1.807, 2.05) is 6.92 Å². The predicted octanol–water partition coefficient (Wildman–Crippen LogP) is 1.73. The second-order valence-electron chi connectivity index (χ2n) is 5.01. The lowest BCUT2D eigenvalue weighted by molar-refractivity contribution is -0.00944. The van der Waals surface area contributed by atoms with E-state index in [0.29, 0.717) is 18.4 Å². The van der Waals surface area contributed by atoms with E-state index in [1.54, 1.807) is 13.0 Å². The van der Waals surface area contributed by atoms with Gasteiger partial charge in [0.2, 0.25) is 0 Å². The third kappa shape index (κ3) is 2.87. The molecular weight excluding hydrogens is 244 g/mol. The molecule has 1 saturated heterocycles. The van der Waals surface area contributed by atoms with Crippen LogP contribution in [0.3, 0.4) is 0 Å². The zero-order valence-corrected chi connectivity index (χ0v) is 11.3. The van der Waals surface area contributed by atoms with E-state index < -0.39 is 11.9 Å². The van der Waals surface area contributed by atoms with E-state index >= 15 is 0 Å². The van der Waals surface area contributed by atoms with Crippen molar-refractivity contribution >= 4 is 0 Å². The van der Waals surface area contributed by atoms with Crippen molar-refractivity contribution < 1.29 is 6.11 Å². The van der Waals surface area contributed by atoms with Crippen molar-refractivity contribution in [2.24, 2.45) is 5.92 Å². The molecule has 1 aromatic heterocycles. The first-order valence-corrected chi connectivity index (χ1v) is 6.44. The van der Waals surface area contributed by atoms with Crippen LogP contribution in [0.5, 0.6) is 0 Å². The maximum atomic E-state index is 11.9. The Morgan fingerprint density at radius 2 is 2.42 bits per heavy atom. The minimum Gasteiger partial charge on any atom is -0.354 e. The normalized spacial score (nSPS) is 28.9. The zero-order valence-electron chi connectivity index (χ0n) is 12.3. The third-order valence-electron chi connectivity index (χ3n) is 3.44. The van der Waals surface area contributed by atoms with Crippen molar-refractivity contribution in [3.05, 3.63) is 45.3 Å². The van der Waals surface area contributed by atoms with Crippen LogP contribution < -0.4 is 11.2 Å². The Morgan fingerprint density at radius 3 is 3.11 bits per heavy atom. The van der Waals surface area contributed by atoms with Crippen LogP contribution in [-0.2, 0) is 4.74 Å². The molecular formula is C14H20N2O3. The number of nitrogens with one attached hydrogen (secondary N) is 1. The molecule has 0 radical (unpaired) electrons. The molecule has 19 heavy (non-hydrogen) atoms.